The summed E-state index contributed by atoms with van der Waals surface area (Å²) in [7, 11) is 1.33. The second-order valence-corrected chi connectivity index (χ2v) is 6.71. The molecule has 0 fully saturated rings. The number of aryl methyl sites for hydroxylation is 1. The van der Waals surface area contributed by atoms with Crippen LogP contribution in [-0.2, 0) is 17.8 Å². The normalized spacial score (nSPS) is 10.8. The van der Waals surface area contributed by atoms with Gasteiger partial charge in [0, 0.05) is 17.6 Å². The van der Waals surface area contributed by atoms with Crippen LogP contribution in [0.1, 0.15) is 41.3 Å². The molecule has 0 aliphatic carbocycles. The Morgan fingerprint density at radius 3 is 2.67 bits per heavy atom. The van der Waals surface area contributed by atoms with E-state index >= 15 is 0 Å². The summed E-state index contributed by atoms with van der Waals surface area (Å²) in [6.45, 7) is 2.63. The maximum Gasteiger partial charge on any atom is 0.340 e. The van der Waals surface area contributed by atoms with Crippen molar-refractivity contribution in [2.24, 2.45) is 0 Å². The SMILES string of the molecule is CCCCc1cc2c(Cl)c(C(=O)OC)cnc2cc1OCc1ccccc1. The molecule has 3 rings (SSSR count). The average Bonchev–Trinajstić information content (AvgIpc) is 2.71. The Kier molecular flexibility index (Phi) is 6.30. The number of ether oxygens (including phenoxy) is 2. The van der Waals surface area contributed by atoms with Crippen molar-refractivity contribution in [3.63, 3.8) is 0 Å². The molecule has 0 radical (unpaired) electrons. The van der Waals surface area contributed by atoms with Crippen LogP contribution >= 0.6 is 11.6 Å². The van der Waals surface area contributed by atoms with Gasteiger partial charge < -0.3 is 9.47 Å². The first-order valence-electron chi connectivity index (χ1n) is 9.00. The van der Waals surface area contributed by atoms with E-state index in [9.17, 15) is 4.79 Å². The standard InChI is InChI=1S/C22H22ClNO3/c1-3-4-10-16-11-17-19(24-13-18(21(17)23)22(25)26-2)12-20(16)27-14-15-8-6-5-7-9-15/h5-9,11-13H,3-4,10,14H2,1-2H3. The lowest BCUT2D eigenvalue weighted by atomic mass is 10.0. The van der Waals surface area contributed by atoms with Crippen molar-refractivity contribution >= 4 is 28.5 Å². The number of unbranched alkanes of at least 4 members (excludes halogenated alkanes) is 1. The van der Waals surface area contributed by atoms with Gasteiger partial charge in [0.05, 0.1) is 23.2 Å². The van der Waals surface area contributed by atoms with Crippen molar-refractivity contribution in [1.29, 1.82) is 0 Å². The lowest BCUT2D eigenvalue weighted by molar-refractivity contribution is 0.0600. The van der Waals surface area contributed by atoms with Gasteiger partial charge in [-0.1, -0.05) is 55.3 Å². The summed E-state index contributed by atoms with van der Waals surface area (Å²) in [5, 5.41) is 1.09. The Bertz CT molecular complexity index is 941. The second kappa shape index (κ2) is 8.87. The molecule has 0 atom stereocenters. The van der Waals surface area contributed by atoms with Crippen LogP contribution in [0.25, 0.3) is 10.9 Å². The smallest absolute Gasteiger partial charge is 0.340 e. The van der Waals surface area contributed by atoms with Crippen LogP contribution in [0.5, 0.6) is 5.75 Å². The minimum atomic E-state index is -0.492. The number of carbonyl (C=O) groups excluding carboxylic acids is 1. The van der Waals surface area contributed by atoms with E-state index in [4.69, 9.17) is 21.1 Å². The number of halogens is 1. The van der Waals surface area contributed by atoms with Gasteiger partial charge in [-0.25, -0.2) is 4.79 Å². The lowest BCUT2D eigenvalue weighted by Crippen LogP contribution is -2.04. The van der Waals surface area contributed by atoms with Gasteiger partial charge in [-0.3, -0.25) is 4.98 Å². The Labute approximate surface area is 164 Å². The Balaban J connectivity index is 1.99. The number of carbonyl (C=O) groups is 1. The van der Waals surface area contributed by atoms with Gasteiger partial charge in [0.15, 0.2) is 0 Å². The fourth-order valence-electron chi connectivity index (χ4n) is 2.92. The number of fused-ring (bicyclic) bond motifs is 1. The van der Waals surface area contributed by atoms with E-state index in [-0.39, 0.29) is 5.56 Å². The van der Waals surface area contributed by atoms with Gasteiger partial charge in [0.25, 0.3) is 0 Å². The molecule has 0 saturated heterocycles. The second-order valence-electron chi connectivity index (χ2n) is 6.33. The summed E-state index contributed by atoms with van der Waals surface area (Å²) in [5.74, 6) is 0.308. The summed E-state index contributed by atoms with van der Waals surface area (Å²) in [4.78, 5) is 16.3. The fraction of sp³-hybridized carbons (Fsp3) is 0.273. The molecule has 4 nitrogen and oxygen atoms in total. The monoisotopic (exact) mass is 383 g/mol. The molecule has 0 bridgehead atoms. The van der Waals surface area contributed by atoms with Crippen molar-refractivity contribution < 1.29 is 14.3 Å². The molecule has 0 unspecified atom stereocenters. The zero-order valence-corrected chi connectivity index (χ0v) is 16.3. The average molecular weight is 384 g/mol. The zero-order chi connectivity index (χ0) is 19.2. The number of methoxy groups -OCH3 is 1. The molecule has 27 heavy (non-hydrogen) atoms. The first kappa shape index (κ1) is 19.2. The molecular formula is C22H22ClNO3. The number of esters is 1. The quantitative estimate of drug-likeness (QED) is 0.498. The highest BCUT2D eigenvalue weighted by Gasteiger charge is 2.17. The summed E-state index contributed by atoms with van der Waals surface area (Å²) < 4.78 is 10.9. The minimum Gasteiger partial charge on any atom is -0.489 e. The molecule has 1 aromatic heterocycles. The number of nitrogens with zero attached hydrogens (tertiary/aromatic N) is 1. The minimum absolute atomic E-state index is 0.270. The molecule has 0 amide bonds. The predicted molar refractivity (Wildman–Crippen MR) is 107 cm³/mol. The molecule has 0 N–H and O–H groups in total. The number of hydrogen-bond acceptors (Lipinski definition) is 4. The highest BCUT2D eigenvalue weighted by Crippen LogP contribution is 2.33. The van der Waals surface area contributed by atoms with E-state index in [0.717, 1.165) is 41.5 Å². The Hall–Kier alpha value is -2.59. The number of benzene rings is 2. The van der Waals surface area contributed by atoms with Gasteiger partial charge >= 0.3 is 5.97 Å². The molecule has 0 spiro atoms. The third-order valence-corrected chi connectivity index (χ3v) is 4.83. The summed E-state index contributed by atoms with van der Waals surface area (Å²) in [5.41, 5.74) is 3.12. The van der Waals surface area contributed by atoms with Crippen molar-refractivity contribution in [2.45, 2.75) is 32.8 Å². The van der Waals surface area contributed by atoms with E-state index in [2.05, 4.69) is 11.9 Å². The van der Waals surface area contributed by atoms with Gasteiger partial charge in [-0.05, 0) is 30.0 Å². The molecule has 5 heteroatoms. The number of hydrogen-bond donors (Lipinski definition) is 0. The first-order chi connectivity index (χ1) is 13.1. The van der Waals surface area contributed by atoms with Crippen LogP contribution in [0, 0.1) is 0 Å². The molecular weight excluding hydrogens is 362 g/mol. The van der Waals surface area contributed by atoms with Gasteiger partial charge in [0.1, 0.15) is 12.4 Å². The molecule has 140 valence electrons. The first-order valence-corrected chi connectivity index (χ1v) is 9.38. The van der Waals surface area contributed by atoms with Crippen molar-refractivity contribution in [3.8, 4) is 5.75 Å². The van der Waals surface area contributed by atoms with Crippen LogP contribution < -0.4 is 4.74 Å². The predicted octanol–water partition coefficient (Wildman–Crippen LogP) is 5.60. The van der Waals surface area contributed by atoms with Gasteiger partial charge in [-0.15, -0.1) is 0 Å². The molecule has 0 saturated carbocycles. The molecule has 2 aromatic carbocycles. The Morgan fingerprint density at radius 1 is 1.19 bits per heavy atom. The maximum absolute atomic E-state index is 11.9. The molecule has 3 aromatic rings. The van der Waals surface area contributed by atoms with Gasteiger partial charge in [-0.2, -0.15) is 0 Å². The van der Waals surface area contributed by atoms with E-state index in [0.29, 0.717) is 17.1 Å². The van der Waals surface area contributed by atoms with Crippen molar-refractivity contribution in [3.05, 3.63) is 70.4 Å². The van der Waals surface area contributed by atoms with E-state index in [1.807, 2.05) is 42.5 Å². The van der Waals surface area contributed by atoms with E-state index in [1.165, 1.54) is 13.3 Å². The highest BCUT2D eigenvalue weighted by atomic mass is 35.5. The van der Waals surface area contributed by atoms with Crippen LogP contribution in [0.2, 0.25) is 5.02 Å². The van der Waals surface area contributed by atoms with Crippen LogP contribution in [0.15, 0.2) is 48.7 Å². The summed E-state index contributed by atoms with van der Waals surface area (Å²) >= 11 is 6.46. The third kappa shape index (κ3) is 4.40. The van der Waals surface area contributed by atoms with Gasteiger partial charge in [0.2, 0.25) is 0 Å². The zero-order valence-electron chi connectivity index (χ0n) is 15.5. The topological polar surface area (TPSA) is 48.4 Å². The molecule has 0 aliphatic rings. The summed E-state index contributed by atoms with van der Waals surface area (Å²) in [6.07, 6.45) is 4.43. The summed E-state index contributed by atoms with van der Waals surface area (Å²) in [6, 6.07) is 13.9. The fourth-order valence-corrected chi connectivity index (χ4v) is 3.19. The van der Waals surface area contributed by atoms with Crippen molar-refractivity contribution in [1.82, 2.24) is 4.98 Å². The molecule has 0 aliphatic heterocycles. The van der Waals surface area contributed by atoms with Crippen LogP contribution in [-0.4, -0.2) is 18.1 Å². The maximum atomic E-state index is 11.9. The van der Waals surface area contributed by atoms with E-state index < -0.39 is 5.97 Å². The van der Waals surface area contributed by atoms with Crippen LogP contribution in [0.3, 0.4) is 0 Å². The molecule has 1 heterocycles. The third-order valence-electron chi connectivity index (χ3n) is 4.43. The number of pyridine rings is 1. The van der Waals surface area contributed by atoms with E-state index in [1.54, 1.807) is 0 Å². The lowest BCUT2D eigenvalue weighted by Gasteiger charge is -2.14. The van der Waals surface area contributed by atoms with Crippen LogP contribution in [0.4, 0.5) is 0 Å². The largest absolute Gasteiger partial charge is 0.489 e. The highest BCUT2D eigenvalue weighted by molar-refractivity contribution is 6.38. The number of rotatable bonds is 7. The Morgan fingerprint density at radius 2 is 1.96 bits per heavy atom. The van der Waals surface area contributed by atoms with Crippen molar-refractivity contribution in [2.75, 3.05) is 7.11 Å². The number of aromatic nitrogens is 1.